The molecule has 2 amide bonds. The Morgan fingerprint density at radius 2 is 1.93 bits per heavy atom. The van der Waals surface area contributed by atoms with Crippen LogP contribution >= 0.6 is 12.1 Å². The van der Waals surface area contributed by atoms with Gasteiger partial charge < -0.3 is 5.11 Å². The summed E-state index contributed by atoms with van der Waals surface area (Å²) >= 11 is 0.722. The lowest BCUT2D eigenvalue weighted by Gasteiger charge is -2.11. The van der Waals surface area contributed by atoms with Crippen LogP contribution in [0.15, 0.2) is 30.3 Å². The third-order valence-corrected chi connectivity index (χ3v) is 2.29. The SMILES string of the molecule is CN(SNC(=O)c1ccccc1)C(=O)O. The second kappa shape index (κ2) is 5.26. The molecule has 15 heavy (non-hydrogen) atoms. The van der Waals surface area contributed by atoms with Gasteiger partial charge in [-0.05, 0) is 12.1 Å². The first-order chi connectivity index (χ1) is 7.11. The highest BCUT2D eigenvalue weighted by Crippen LogP contribution is 2.05. The average molecular weight is 226 g/mol. The summed E-state index contributed by atoms with van der Waals surface area (Å²) in [6.45, 7) is 0. The third-order valence-electron chi connectivity index (χ3n) is 1.58. The van der Waals surface area contributed by atoms with Crippen molar-refractivity contribution < 1.29 is 14.7 Å². The molecule has 0 aliphatic carbocycles. The Balaban J connectivity index is 2.47. The predicted octanol–water partition coefficient (Wildman–Crippen LogP) is 1.59. The van der Waals surface area contributed by atoms with E-state index in [4.69, 9.17) is 5.11 Å². The van der Waals surface area contributed by atoms with E-state index in [0.717, 1.165) is 16.4 Å². The molecule has 80 valence electrons. The van der Waals surface area contributed by atoms with E-state index in [1.807, 2.05) is 0 Å². The minimum Gasteiger partial charge on any atom is -0.464 e. The monoisotopic (exact) mass is 226 g/mol. The molecular weight excluding hydrogens is 216 g/mol. The summed E-state index contributed by atoms with van der Waals surface area (Å²) in [6.07, 6.45) is -1.12. The Morgan fingerprint density at radius 1 is 1.33 bits per heavy atom. The number of benzene rings is 1. The number of nitrogens with one attached hydrogen (secondary N) is 1. The van der Waals surface area contributed by atoms with Crippen molar-refractivity contribution in [1.82, 2.24) is 9.03 Å². The van der Waals surface area contributed by atoms with Gasteiger partial charge in [-0.2, -0.15) is 0 Å². The first-order valence-electron chi connectivity index (χ1n) is 4.10. The summed E-state index contributed by atoms with van der Waals surface area (Å²) in [7, 11) is 1.35. The summed E-state index contributed by atoms with van der Waals surface area (Å²) in [5.41, 5.74) is 0.490. The topological polar surface area (TPSA) is 69.6 Å². The van der Waals surface area contributed by atoms with Crippen molar-refractivity contribution in [3.63, 3.8) is 0 Å². The van der Waals surface area contributed by atoms with Gasteiger partial charge in [0, 0.05) is 12.6 Å². The molecule has 6 heteroatoms. The molecular formula is C9H10N2O3S. The molecule has 0 aliphatic heterocycles. The van der Waals surface area contributed by atoms with E-state index >= 15 is 0 Å². The van der Waals surface area contributed by atoms with Crippen molar-refractivity contribution in [2.75, 3.05) is 7.05 Å². The van der Waals surface area contributed by atoms with Crippen LogP contribution < -0.4 is 4.72 Å². The smallest absolute Gasteiger partial charge is 0.418 e. The van der Waals surface area contributed by atoms with Crippen LogP contribution in [0.3, 0.4) is 0 Å². The highest BCUT2D eigenvalue weighted by Gasteiger charge is 2.09. The maximum Gasteiger partial charge on any atom is 0.418 e. The lowest BCUT2D eigenvalue weighted by Crippen LogP contribution is -2.25. The highest BCUT2D eigenvalue weighted by atomic mass is 32.2. The van der Waals surface area contributed by atoms with E-state index in [1.54, 1.807) is 30.3 Å². The van der Waals surface area contributed by atoms with Gasteiger partial charge in [-0.15, -0.1) is 0 Å². The van der Waals surface area contributed by atoms with Gasteiger partial charge in [-0.3, -0.25) is 9.52 Å². The number of hydrogen-bond acceptors (Lipinski definition) is 3. The number of carbonyl (C=O) groups is 2. The molecule has 2 N–H and O–H groups in total. The third kappa shape index (κ3) is 3.51. The van der Waals surface area contributed by atoms with Crippen LogP contribution in [0.2, 0.25) is 0 Å². The Bertz CT molecular complexity index is 356. The zero-order chi connectivity index (χ0) is 11.3. The number of carbonyl (C=O) groups excluding carboxylic acids is 1. The molecule has 0 heterocycles. The predicted molar refractivity (Wildman–Crippen MR) is 57.3 cm³/mol. The summed E-state index contributed by atoms with van der Waals surface area (Å²) in [4.78, 5) is 21.8. The van der Waals surface area contributed by atoms with Crippen LogP contribution in [0.4, 0.5) is 4.79 Å². The van der Waals surface area contributed by atoms with E-state index < -0.39 is 6.09 Å². The minimum absolute atomic E-state index is 0.325. The lowest BCUT2D eigenvalue weighted by molar-refractivity contribution is 0.0983. The number of hydrogen-bond donors (Lipinski definition) is 2. The van der Waals surface area contributed by atoms with Gasteiger partial charge in [0.05, 0.1) is 12.1 Å². The van der Waals surface area contributed by atoms with E-state index in [-0.39, 0.29) is 5.91 Å². The molecule has 5 nitrogen and oxygen atoms in total. The van der Waals surface area contributed by atoms with Gasteiger partial charge in [0.1, 0.15) is 0 Å². The van der Waals surface area contributed by atoms with Gasteiger partial charge in [0.2, 0.25) is 0 Å². The van der Waals surface area contributed by atoms with Gasteiger partial charge in [0.25, 0.3) is 5.91 Å². The normalized spacial score (nSPS) is 9.40. The largest absolute Gasteiger partial charge is 0.464 e. The Labute approximate surface area is 91.3 Å². The Morgan fingerprint density at radius 3 is 2.47 bits per heavy atom. The molecule has 0 saturated heterocycles. The summed E-state index contributed by atoms with van der Waals surface area (Å²) in [6, 6.07) is 8.57. The van der Waals surface area contributed by atoms with Crippen molar-refractivity contribution in [3.05, 3.63) is 35.9 Å². The first kappa shape index (κ1) is 11.4. The molecule has 0 saturated carbocycles. The molecule has 0 unspecified atom stereocenters. The first-order valence-corrected chi connectivity index (χ1v) is 4.87. The van der Waals surface area contributed by atoms with Crippen molar-refractivity contribution in [3.8, 4) is 0 Å². The number of amides is 2. The van der Waals surface area contributed by atoms with E-state index in [1.165, 1.54) is 7.05 Å². The molecule has 0 aliphatic rings. The summed E-state index contributed by atoms with van der Waals surface area (Å²) < 4.78 is 3.31. The fourth-order valence-electron chi connectivity index (χ4n) is 0.797. The molecule has 0 fully saturated rings. The fraction of sp³-hybridized carbons (Fsp3) is 0.111. The molecule has 1 aromatic rings. The Hall–Kier alpha value is -1.69. The van der Waals surface area contributed by atoms with Gasteiger partial charge >= 0.3 is 6.09 Å². The van der Waals surface area contributed by atoms with Crippen molar-refractivity contribution in [2.24, 2.45) is 0 Å². The van der Waals surface area contributed by atoms with Crippen LogP contribution in [0.5, 0.6) is 0 Å². The maximum atomic E-state index is 11.4. The van der Waals surface area contributed by atoms with Crippen molar-refractivity contribution in [1.29, 1.82) is 0 Å². The molecule has 0 radical (unpaired) electrons. The number of rotatable bonds is 3. The second-order valence-corrected chi connectivity index (χ2v) is 3.60. The molecule has 1 rings (SSSR count). The van der Waals surface area contributed by atoms with Gasteiger partial charge in [-0.25, -0.2) is 9.10 Å². The molecule has 0 atom stereocenters. The maximum absolute atomic E-state index is 11.4. The highest BCUT2D eigenvalue weighted by molar-refractivity contribution is 7.96. The lowest BCUT2D eigenvalue weighted by atomic mass is 10.2. The van der Waals surface area contributed by atoms with Crippen LogP contribution in [0.25, 0.3) is 0 Å². The van der Waals surface area contributed by atoms with Crippen LogP contribution in [0, 0.1) is 0 Å². The molecule has 0 aromatic heterocycles. The van der Waals surface area contributed by atoms with Gasteiger partial charge in [-0.1, -0.05) is 18.2 Å². The standard InChI is InChI=1S/C9H10N2O3S/c1-11(9(13)14)15-10-8(12)7-5-3-2-4-6-7/h2-6H,1H3,(H,10,12)(H,13,14). The fourth-order valence-corrected chi connectivity index (χ4v) is 1.21. The van der Waals surface area contributed by atoms with E-state index in [9.17, 15) is 9.59 Å². The van der Waals surface area contributed by atoms with Gasteiger partial charge in [0.15, 0.2) is 0 Å². The average Bonchev–Trinajstić information content (AvgIpc) is 2.26. The van der Waals surface area contributed by atoms with E-state index in [0.29, 0.717) is 5.56 Å². The molecule has 0 bridgehead atoms. The second-order valence-electron chi connectivity index (χ2n) is 2.67. The summed E-state index contributed by atoms with van der Waals surface area (Å²) in [5, 5.41) is 8.52. The molecule has 0 spiro atoms. The zero-order valence-corrected chi connectivity index (χ0v) is 8.82. The van der Waals surface area contributed by atoms with E-state index in [2.05, 4.69) is 4.72 Å². The zero-order valence-electron chi connectivity index (χ0n) is 8.01. The van der Waals surface area contributed by atoms with Crippen molar-refractivity contribution in [2.45, 2.75) is 0 Å². The summed E-state index contributed by atoms with van der Waals surface area (Å²) in [5.74, 6) is -0.325. The Kier molecular flexibility index (Phi) is 3.99. The van der Waals surface area contributed by atoms with Crippen LogP contribution in [-0.2, 0) is 0 Å². The number of nitrogens with zero attached hydrogens (tertiary/aromatic N) is 1. The molecule has 1 aromatic carbocycles. The quantitative estimate of drug-likeness (QED) is 0.768. The van der Waals surface area contributed by atoms with Crippen LogP contribution in [-0.4, -0.2) is 28.5 Å². The number of carboxylic acid groups (broad SMARTS) is 1. The van der Waals surface area contributed by atoms with Crippen molar-refractivity contribution >= 4 is 24.1 Å². The van der Waals surface area contributed by atoms with Crippen LogP contribution in [0.1, 0.15) is 10.4 Å². The minimum atomic E-state index is -1.12.